The molecular weight excluding hydrogens is 280 g/mol. The van der Waals surface area contributed by atoms with Crippen LogP contribution in [0.15, 0.2) is 36.5 Å². The Morgan fingerprint density at radius 3 is 2.50 bits per heavy atom. The van der Waals surface area contributed by atoms with E-state index in [-0.39, 0.29) is 17.7 Å². The van der Waals surface area contributed by atoms with Gasteiger partial charge in [0.05, 0.1) is 12.6 Å². The number of Topliss-reactive ketones (excluding diaryl/α,β-unsaturated/α-hetero) is 1. The van der Waals surface area contributed by atoms with E-state index in [1.807, 2.05) is 38.1 Å². The second-order valence-electron chi connectivity index (χ2n) is 5.06. The number of carbonyl (C=O) groups excluding carboxylic acids is 2. The van der Waals surface area contributed by atoms with Crippen LogP contribution in [0.2, 0.25) is 0 Å². The van der Waals surface area contributed by atoms with Gasteiger partial charge in [0.25, 0.3) is 5.91 Å². The van der Waals surface area contributed by atoms with Crippen LogP contribution in [0, 0.1) is 0 Å². The molecule has 0 aliphatic carbocycles. The van der Waals surface area contributed by atoms with Crippen molar-refractivity contribution in [2.24, 2.45) is 0 Å². The van der Waals surface area contributed by atoms with Crippen molar-refractivity contribution >= 4 is 11.7 Å². The first kappa shape index (κ1) is 15.8. The minimum Gasteiger partial charge on any atom is -0.494 e. The van der Waals surface area contributed by atoms with Crippen molar-refractivity contribution < 1.29 is 14.3 Å². The predicted molar refractivity (Wildman–Crippen MR) is 84.3 cm³/mol. The second-order valence-corrected chi connectivity index (χ2v) is 5.06. The Bertz CT molecular complexity index is 659. The molecular formula is C17H20N2O3. The maximum absolute atomic E-state index is 12.2. The lowest BCUT2D eigenvalue weighted by Gasteiger charge is -2.14. The average Bonchev–Trinajstić information content (AvgIpc) is 2.98. The van der Waals surface area contributed by atoms with Gasteiger partial charge in [0.15, 0.2) is 5.78 Å². The van der Waals surface area contributed by atoms with E-state index in [9.17, 15) is 9.59 Å². The molecule has 22 heavy (non-hydrogen) atoms. The average molecular weight is 300 g/mol. The van der Waals surface area contributed by atoms with E-state index in [2.05, 4.69) is 10.3 Å². The van der Waals surface area contributed by atoms with E-state index in [1.54, 1.807) is 12.3 Å². The molecule has 1 atom stereocenters. The Morgan fingerprint density at radius 2 is 1.95 bits per heavy atom. The van der Waals surface area contributed by atoms with Crippen LogP contribution in [0.1, 0.15) is 53.2 Å². The van der Waals surface area contributed by atoms with E-state index >= 15 is 0 Å². The van der Waals surface area contributed by atoms with E-state index in [0.29, 0.717) is 17.9 Å². The van der Waals surface area contributed by atoms with Gasteiger partial charge >= 0.3 is 0 Å². The van der Waals surface area contributed by atoms with Gasteiger partial charge in [-0.1, -0.05) is 12.1 Å². The third-order valence-corrected chi connectivity index (χ3v) is 3.37. The van der Waals surface area contributed by atoms with Gasteiger partial charge in [0.2, 0.25) is 0 Å². The van der Waals surface area contributed by atoms with Crippen molar-refractivity contribution in [3.05, 3.63) is 53.3 Å². The van der Waals surface area contributed by atoms with Gasteiger partial charge in [0.1, 0.15) is 11.4 Å². The van der Waals surface area contributed by atoms with Crippen LogP contribution >= 0.6 is 0 Å². The third kappa shape index (κ3) is 3.75. The van der Waals surface area contributed by atoms with Gasteiger partial charge < -0.3 is 15.0 Å². The molecule has 0 saturated carbocycles. The summed E-state index contributed by atoms with van der Waals surface area (Å²) in [6.07, 6.45) is 1.54. The van der Waals surface area contributed by atoms with Gasteiger partial charge in [-0.3, -0.25) is 9.59 Å². The summed E-state index contributed by atoms with van der Waals surface area (Å²) < 4.78 is 5.39. The molecule has 0 spiro atoms. The Morgan fingerprint density at radius 1 is 1.27 bits per heavy atom. The fourth-order valence-electron chi connectivity index (χ4n) is 2.11. The normalized spacial score (nSPS) is 11.8. The summed E-state index contributed by atoms with van der Waals surface area (Å²) >= 11 is 0. The molecule has 1 aromatic carbocycles. The summed E-state index contributed by atoms with van der Waals surface area (Å²) in [4.78, 5) is 26.2. The van der Waals surface area contributed by atoms with E-state index in [0.717, 1.165) is 11.3 Å². The number of nitrogens with one attached hydrogen (secondary N) is 2. The zero-order valence-corrected chi connectivity index (χ0v) is 13.0. The highest BCUT2D eigenvalue weighted by Gasteiger charge is 2.14. The number of hydrogen-bond donors (Lipinski definition) is 2. The summed E-state index contributed by atoms with van der Waals surface area (Å²) in [5.41, 5.74) is 1.86. The van der Waals surface area contributed by atoms with E-state index in [4.69, 9.17) is 4.74 Å². The molecule has 2 N–H and O–H groups in total. The molecule has 0 saturated heterocycles. The highest BCUT2D eigenvalue weighted by Crippen LogP contribution is 2.18. The number of aromatic amines is 1. The molecule has 2 rings (SSSR count). The van der Waals surface area contributed by atoms with Gasteiger partial charge in [-0.05, 0) is 44.5 Å². The number of amides is 1. The molecule has 0 radical (unpaired) electrons. The highest BCUT2D eigenvalue weighted by molar-refractivity contribution is 5.99. The third-order valence-electron chi connectivity index (χ3n) is 3.37. The van der Waals surface area contributed by atoms with E-state index < -0.39 is 0 Å². The van der Waals surface area contributed by atoms with Crippen LogP contribution in [0.4, 0.5) is 0 Å². The lowest BCUT2D eigenvalue weighted by atomic mass is 10.1. The van der Waals surface area contributed by atoms with Crippen molar-refractivity contribution in [1.29, 1.82) is 0 Å². The number of hydrogen-bond acceptors (Lipinski definition) is 3. The van der Waals surface area contributed by atoms with Gasteiger partial charge in [-0.15, -0.1) is 0 Å². The molecule has 0 fully saturated rings. The van der Waals surface area contributed by atoms with Gasteiger partial charge in [-0.2, -0.15) is 0 Å². The fourth-order valence-corrected chi connectivity index (χ4v) is 2.11. The first-order chi connectivity index (χ1) is 10.5. The Hall–Kier alpha value is -2.56. The number of H-pyrrole nitrogens is 1. The smallest absolute Gasteiger partial charge is 0.268 e. The van der Waals surface area contributed by atoms with Crippen molar-refractivity contribution in [2.75, 3.05) is 6.61 Å². The maximum Gasteiger partial charge on any atom is 0.268 e. The first-order valence-electron chi connectivity index (χ1n) is 7.24. The van der Waals surface area contributed by atoms with Crippen molar-refractivity contribution in [3.63, 3.8) is 0 Å². The van der Waals surface area contributed by atoms with Gasteiger partial charge in [0, 0.05) is 11.8 Å². The molecule has 0 bridgehead atoms. The Balaban J connectivity index is 2.02. The first-order valence-corrected chi connectivity index (χ1v) is 7.24. The number of benzene rings is 1. The molecule has 2 aromatic rings. The lowest BCUT2D eigenvalue weighted by Crippen LogP contribution is -2.26. The number of ether oxygens (including phenoxy) is 1. The molecule has 1 unspecified atom stereocenters. The number of ketones is 1. The zero-order valence-electron chi connectivity index (χ0n) is 13.0. The summed E-state index contributed by atoms with van der Waals surface area (Å²) in [5.74, 6) is 0.490. The van der Waals surface area contributed by atoms with Crippen LogP contribution in [0.3, 0.4) is 0 Å². The van der Waals surface area contributed by atoms with Crippen LogP contribution in [-0.2, 0) is 0 Å². The van der Waals surface area contributed by atoms with Crippen LogP contribution < -0.4 is 10.1 Å². The largest absolute Gasteiger partial charge is 0.494 e. The number of aromatic nitrogens is 1. The quantitative estimate of drug-likeness (QED) is 0.805. The van der Waals surface area contributed by atoms with E-state index in [1.165, 1.54) is 6.92 Å². The fraction of sp³-hybridized carbons (Fsp3) is 0.294. The molecule has 0 aliphatic heterocycles. The molecule has 5 nitrogen and oxygen atoms in total. The second kappa shape index (κ2) is 6.93. The predicted octanol–water partition coefficient (Wildman–Crippen LogP) is 3.11. The SMILES string of the molecule is CCOc1ccc(C(C)NC(=O)c2cc(C(C)=O)c[nH]2)cc1. The van der Waals surface area contributed by atoms with Crippen molar-refractivity contribution in [1.82, 2.24) is 10.3 Å². The summed E-state index contributed by atoms with van der Waals surface area (Å²) in [7, 11) is 0. The number of rotatable bonds is 6. The number of carbonyl (C=O) groups is 2. The summed E-state index contributed by atoms with van der Waals surface area (Å²) in [6, 6.07) is 9.01. The molecule has 1 heterocycles. The Labute approximate surface area is 129 Å². The standard InChI is InChI=1S/C17H20N2O3/c1-4-22-15-7-5-13(6-8-15)11(2)19-17(21)16-9-14(10-18-16)12(3)20/h5-11,18H,4H2,1-3H3,(H,19,21). The van der Waals surface area contributed by atoms with Crippen LogP contribution in [0.25, 0.3) is 0 Å². The maximum atomic E-state index is 12.2. The molecule has 0 aliphatic rings. The summed E-state index contributed by atoms with van der Waals surface area (Å²) in [6.45, 7) is 5.93. The van der Waals surface area contributed by atoms with Crippen LogP contribution in [0.5, 0.6) is 5.75 Å². The van der Waals surface area contributed by atoms with Crippen molar-refractivity contribution in [3.8, 4) is 5.75 Å². The minimum atomic E-state index is -0.242. The molecule has 1 aromatic heterocycles. The van der Waals surface area contributed by atoms with Crippen LogP contribution in [-0.4, -0.2) is 23.3 Å². The zero-order chi connectivity index (χ0) is 16.1. The molecule has 5 heteroatoms. The van der Waals surface area contributed by atoms with Gasteiger partial charge in [-0.25, -0.2) is 0 Å². The molecule has 116 valence electrons. The molecule has 1 amide bonds. The lowest BCUT2D eigenvalue weighted by molar-refractivity contribution is 0.0935. The monoisotopic (exact) mass is 300 g/mol. The highest BCUT2D eigenvalue weighted by atomic mass is 16.5. The Kier molecular flexibility index (Phi) is 4.99. The summed E-state index contributed by atoms with van der Waals surface area (Å²) in [5, 5.41) is 2.89. The minimum absolute atomic E-state index is 0.0742. The van der Waals surface area contributed by atoms with Crippen molar-refractivity contribution in [2.45, 2.75) is 26.8 Å². The topological polar surface area (TPSA) is 71.2 Å².